The van der Waals surface area contributed by atoms with Gasteiger partial charge in [0.15, 0.2) is 11.5 Å². The predicted molar refractivity (Wildman–Crippen MR) is 113 cm³/mol. The Bertz CT molecular complexity index is 1410. The summed E-state index contributed by atoms with van der Waals surface area (Å²) in [5, 5.41) is 16.5. The number of methoxy groups -OCH3 is 1. The van der Waals surface area contributed by atoms with Gasteiger partial charge in [-0.3, -0.25) is 4.79 Å². The molecule has 0 unspecified atom stereocenters. The molecule has 0 atom stereocenters. The molecular weight excluding hydrogens is 413 g/mol. The SMILES string of the molecule is COc1ccc(Cn2nc(-c3nnc4c(n3)NC(=O)C43CC3)c3cc(F)c(C)nc32)cc1. The number of amides is 1. The molecule has 1 aliphatic heterocycles. The summed E-state index contributed by atoms with van der Waals surface area (Å²) in [5.41, 5.74) is 2.13. The number of rotatable bonds is 4. The van der Waals surface area contributed by atoms with Crippen molar-refractivity contribution in [2.45, 2.75) is 31.7 Å². The Morgan fingerprint density at radius 3 is 2.69 bits per heavy atom. The van der Waals surface area contributed by atoms with E-state index in [1.807, 2.05) is 24.3 Å². The highest BCUT2D eigenvalue weighted by Crippen LogP contribution is 2.53. The molecule has 1 spiro atoms. The van der Waals surface area contributed by atoms with Crippen molar-refractivity contribution < 1.29 is 13.9 Å². The molecule has 1 N–H and O–H groups in total. The molecule has 3 aromatic heterocycles. The number of nitrogens with zero attached hydrogens (tertiary/aromatic N) is 6. The van der Waals surface area contributed by atoms with Crippen LogP contribution in [0.5, 0.6) is 5.75 Å². The molecule has 0 radical (unpaired) electrons. The predicted octanol–water partition coefficient (Wildman–Crippen LogP) is 2.77. The van der Waals surface area contributed by atoms with Gasteiger partial charge in [0.2, 0.25) is 11.7 Å². The van der Waals surface area contributed by atoms with Gasteiger partial charge < -0.3 is 10.1 Å². The van der Waals surface area contributed by atoms with Crippen molar-refractivity contribution in [2.24, 2.45) is 0 Å². The fourth-order valence-electron chi connectivity index (χ4n) is 4.10. The van der Waals surface area contributed by atoms with Crippen LogP contribution in [0, 0.1) is 12.7 Å². The van der Waals surface area contributed by atoms with Crippen molar-refractivity contribution in [1.82, 2.24) is 29.9 Å². The first-order valence-electron chi connectivity index (χ1n) is 10.2. The Kier molecular flexibility index (Phi) is 3.83. The first kappa shape index (κ1) is 18.8. The molecule has 1 aromatic carbocycles. The van der Waals surface area contributed by atoms with E-state index in [4.69, 9.17) is 4.74 Å². The van der Waals surface area contributed by atoms with E-state index >= 15 is 0 Å². The number of benzene rings is 1. The number of nitrogens with one attached hydrogen (secondary N) is 1. The summed E-state index contributed by atoms with van der Waals surface area (Å²) in [7, 11) is 1.61. The average Bonchev–Trinajstić information content (AvgIpc) is 3.47. The molecular formula is C22H18FN7O2. The van der Waals surface area contributed by atoms with Gasteiger partial charge in [-0.2, -0.15) is 5.10 Å². The highest BCUT2D eigenvalue weighted by atomic mass is 19.1. The van der Waals surface area contributed by atoms with Crippen molar-refractivity contribution in [3.63, 3.8) is 0 Å². The lowest BCUT2D eigenvalue weighted by atomic mass is 10.1. The lowest BCUT2D eigenvalue weighted by Gasteiger charge is -2.05. The van der Waals surface area contributed by atoms with Crippen LogP contribution in [0.4, 0.5) is 10.2 Å². The normalized spacial score (nSPS) is 15.8. The Morgan fingerprint density at radius 1 is 1.19 bits per heavy atom. The molecule has 1 fully saturated rings. The summed E-state index contributed by atoms with van der Waals surface area (Å²) in [6, 6.07) is 8.98. The van der Waals surface area contributed by atoms with E-state index in [-0.39, 0.29) is 17.4 Å². The summed E-state index contributed by atoms with van der Waals surface area (Å²) in [4.78, 5) is 21.2. The number of halogens is 1. The van der Waals surface area contributed by atoms with Gasteiger partial charge in [-0.1, -0.05) is 12.1 Å². The van der Waals surface area contributed by atoms with Gasteiger partial charge in [0.25, 0.3) is 0 Å². The summed E-state index contributed by atoms with van der Waals surface area (Å²) in [6.07, 6.45) is 1.49. The van der Waals surface area contributed by atoms with Gasteiger partial charge in [0.05, 0.1) is 30.1 Å². The molecule has 6 rings (SSSR count). The fourth-order valence-corrected chi connectivity index (χ4v) is 4.10. The van der Waals surface area contributed by atoms with Crippen LogP contribution in [0.2, 0.25) is 0 Å². The van der Waals surface area contributed by atoms with Crippen molar-refractivity contribution in [1.29, 1.82) is 0 Å². The molecule has 1 aliphatic carbocycles. The highest BCUT2D eigenvalue weighted by Gasteiger charge is 2.58. The molecule has 4 heterocycles. The topological polar surface area (TPSA) is 108 Å². The molecule has 10 heteroatoms. The van der Waals surface area contributed by atoms with Crippen LogP contribution in [-0.4, -0.2) is 43.0 Å². The monoisotopic (exact) mass is 431 g/mol. The zero-order valence-electron chi connectivity index (χ0n) is 17.4. The van der Waals surface area contributed by atoms with Gasteiger partial charge in [0, 0.05) is 0 Å². The number of fused-ring (bicyclic) bond motifs is 3. The quantitative estimate of drug-likeness (QED) is 0.529. The zero-order chi connectivity index (χ0) is 22.0. The van der Waals surface area contributed by atoms with Crippen molar-refractivity contribution in [3.8, 4) is 17.3 Å². The van der Waals surface area contributed by atoms with Crippen LogP contribution in [0.3, 0.4) is 0 Å². The molecule has 0 bridgehead atoms. The summed E-state index contributed by atoms with van der Waals surface area (Å²) in [6.45, 7) is 2.02. The molecule has 32 heavy (non-hydrogen) atoms. The molecule has 2 aliphatic rings. The number of hydrogen-bond donors (Lipinski definition) is 1. The summed E-state index contributed by atoms with van der Waals surface area (Å²) >= 11 is 0. The smallest absolute Gasteiger partial charge is 0.238 e. The van der Waals surface area contributed by atoms with Gasteiger partial charge in [-0.15, -0.1) is 10.2 Å². The number of carbonyl (C=O) groups is 1. The van der Waals surface area contributed by atoms with Gasteiger partial charge in [-0.05, 0) is 43.5 Å². The van der Waals surface area contributed by atoms with Crippen LogP contribution in [0.15, 0.2) is 30.3 Å². The van der Waals surface area contributed by atoms with Crippen LogP contribution in [0.1, 0.15) is 29.8 Å². The third-order valence-electron chi connectivity index (χ3n) is 6.11. The van der Waals surface area contributed by atoms with E-state index in [0.29, 0.717) is 34.8 Å². The minimum absolute atomic E-state index is 0.0929. The lowest BCUT2D eigenvalue weighted by Crippen LogP contribution is -2.19. The number of hydrogen-bond acceptors (Lipinski definition) is 7. The Morgan fingerprint density at radius 2 is 1.97 bits per heavy atom. The standard InChI is InChI=1S/C22H18FN7O2/c1-11-15(23)9-14-16(18-25-19-17(27-28-18)22(7-8-22)21(31)26-19)29-30(20(14)24-11)10-12-3-5-13(32-2)6-4-12/h3-6,9H,7-8,10H2,1-2H3,(H,25,26,28,31). The largest absolute Gasteiger partial charge is 0.497 e. The maximum Gasteiger partial charge on any atom is 0.238 e. The first-order valence-corrected chi connectivity index (χ1v) is 10.2. The number of anilines is 1. The summed E-state index contributed by atoms with van der Waals surface area (Å²) in [5.74, 6) is 0.830. The lowest BCUT2D eigenvalue weighted by molar-refractivity contribution is -0.117. The molecule has 1 saturated carbocycles. The van der Waals surface area contributed by atoms with Crippen molar-refractivity contribution in [2.75, 3.05) is 12.4 Å². The Hall–Kier alpha value is -3.95. The van der Waals surface area contributed by atoms with Crippen LogP contribution in [0.25, 0.3) is 22.6 Å². The van der Waals surface area contributed by atoms with E-state index in [1.54, 1.807) is 18.7 Å². The third kappa shape index (κ3) is 2.68. The minimum atomic E-state index is -0.575. The Labute approximate surface area is 181 Å². The first-order chi connectivity index (χ1) is 15.5. The number of ether oxygens (including phenoxy) is 1. The number of aryl methyl sites for hydroxylation is 1. The van der Waals surface area contributed by atoms with E-state index in [2.05, 4.69) is 30.6 Å². The van der Waals surface area contributed by atoms with E-state index in [0.717, 1.165) is 24.2 Å². The molecule has 0 saturated heterocycles. The molecule has 9 nitrogen and oxygen atoms in total. The number of pyridine rings is 1. The van der Waals surface area contributed by atoms with Gasteiger partial charge in [-0.25, -0.2) is 19.0 Å². The van der Waals surface area contributed by atoms with Gasteiger partial charge >= 0.3 is 0 Å². The zero-order valence-corrected chi connectivity index (χ0v) is 17.4. The van der Waals surface area contributed by atoms with Crippen LogP contribution < -0.4 is 10.1 Å². The summed E-state index contributed by atoms with van der Waals surface area (Å²) < 4.78 is 21.3. The van der Waals surface area contributed by atoms with Crippen molar-refractivity contribution >= 4 is 22.8 Å². The second-order valence-electron chi connectivity index (χ2n) is 8.15. The highest BCUT2D eigenvalue weighted by molar-refractivity contribution is 6.06. The van der Waals surface area contributed by atoms with E-state index in [9.17, 15) is 9.18 Å². The van der Waals surface area contributed by atoms with E-state index in [1.165, 1.54) is 6.07 Å². The maximum absolute atomic E-state index is 14.4. The number of aromatic nitrogens is 6. The molecule has 160 valence electrons. The minimum Gasteiger partial charge on any atom is -0.497 e. The second kappa shape index (κ2) is 6.52. The van der Waals surface area contributed by atoms with Gasteiger partial charge in [0.1, 0.15) is 23.0 Å². The third-order valence-corrected chi connectivity index (χ3v) is 6.11. The van der Waals surface area contributed by atoms with E-state index < -0.39 is 11.2 Å². The molecule has 4 aromatic rings. The van der Waals surface area contributed by atoms with Crippen LogP contribution in [-0.2, 0) is 16.8 Å². The number of carbonyl (C=O) groups excluding carboxylic acids is 1. The second-order valence-corrected chi connectivity index (χ2v) is 8.15. The molecule has 1 amide bonds. The maximum atomic E-state index is 14.4. The fraction of sp³-hybridized carbons (Fsp3) is 0.273. The van der Waals surface area contributed by atoms with Crippen molar-refractivity contribution in [3.05, 3.63) is 53.1 Å². The Balaban J connectivity index is 1.47. The average molecular weight is 431 g/mol. The van der Waals surface area contributed by atoms with Crippen LogP contribution >= 0.6 is 0 Å².